The van der Waals surface area contributed by atoms with Crippen molar-refractivity contribution < 1.29 is 0 Å². The Morgan fingerprint density at radius 3 is 2.57 bits per heavy atom. The predicted molar refractivity (Wildman–Crippen MR) is 133 cm³/mol. The molecule has 0 radical (unpaired) electrons. The molecule has 1 aliphatic rings. The zero-order valence-corrected chi connectivity index (χ0v) is 21.7. The van der Waals surface area contributed by atoms with Crippen LogP contribution in [-0.2, 0) is 6.54 Å². The predicted octanol–water partition coefficient (Wildman–Crippen LogP) is 4.66. The Bertz CT molecular complexity index is 588. The lowest BCUT2D eigenvalue weighted by atomic mass is 9.89. The quantitative estimate of drug-likeness (QED) is 0.311. The van der Waals surface area contributed by atoms with E-state index in [0.29, 0.717) is 11.5 Å². The summed E-state index contributed by atoms with van der Waals surface area (Å²) in [6.07, 6.45) is 4.87. The third-order valence-electron chi connectivity index (χ3n) is 5.25. The Hall–Kier alpha value is -0.410. The van der Waals surface area contributed by atoms with Gasteiger partial charge in [0.2, 0.25) is 0 Å². The Labute approximate surface area is 193 Å². The van der Waals surface area contributed by atoms with Crippen molar-refractivity contribution in [2.75, 3.05) is 26.7 Å². The van der Waals surface area contributed by atoms with E-state index in [2.05, 4.69) is 65.5 Å². The zero-order chi connectivity index (χ0) is 19.9. The number of piperidine rings is 1. The minimum atomic E-state index is 0. The maximum atomic E-state index is 4.59. The van der Waals surface area contributed by atoms with Crippen molar-refractivity contribution in [3.63, 3.8) is 0 Å². The molecule has 1 saturated heterocycles. The van der Waals surface area contributed by atoms with Gasteiger partial charge in [0.05, 0.1) is 10.7 Å². The maximum Gasteiger partial charge on any atom is 0.191 e. The molecule has 2 N–H and O–H groups in total. The Kier molecular flexibility index (Phi) is 11.3. The minimum absolute atomic E-state index is 0. The molecule has 2 rings (SSSR count). The summed E-state index contributed by atoms with van der Waals surface area (Å²) < 4.78 is 0. The van der Waals surface area contributed by atoms with Crippen LogP contribution in [0.25, 0.3) is 0 Å². The molecule has 2 heterocycles. The van der Waals surface area contributed by atoms with Crippen molar-refractivity contribution in [2.45, 2.75) is 72.9 Å². The molecule has 0 aliphatic carbocycles. The number of aliphatic imine (C=N–C) groups is 1. The molecule has 0 saturated carbocycles. The summed E-state index contributed by atoms with van der Waals surface area (Å²) in [6.45, 7) is 15.6. The number of thiazole rings is 1. The fourth-order valence-electron chi connectivity index (χ4n) is 3.45. The van der Waals surface area contributed by atoms with E-state index in [0.717, 1.165) is 38.1 Å². The van der Waals surface area contributed by atoms with Crippen molar-refractivity contribution >= 4 is 41.3 Å². The highest BCUT2D eigenvalue weighted by atomic mass is 127. The van der Waals surface area contributed by atoms with E-state index in [1.165, 1.54) is 36.4 Å². The third kappa shape index (κ3) is 9.87. The smallest absolute Gasteiger partial charge is 0.191 e. The number of likely N-dealkylation sites (tertiary alicyclic amines) is 1. The number of hydrogen-bond donors (Lipinski definition) is 2. The first kappa shape index (κ1) is 25.6. The first-order valence-electron chi connectivity index (χ1n) is 10.4. The van der Waals surface area contributed by atoms with Gasteiger partial charge in [0.15, 0.2) is 5.96 Å². The van der Waals surface area contributed by atoms with Crippen molar-refractivity contribution in [3.8, 4) is 0 Å². The van der Waals surface area contributed by atoms with Crippen LogP contribution in [0.4, 0.5) is 0 Å². The normalized spacial score (nSPS) is 17.9. The van der Waals surface area contributed by atoms with E-state index in [-0.39, 0.29) is 24.0 Å². The van der Waals surface area contributed by atoms with Crippen molar-refractivity contribution in [2.24, 2.45) is 16.3 Å². The summed E-state index contributed by atoms with van der Waals surface area (Å²) in [7, 11) is 1.87. The Balaban J connectivity index is 0.00000392. The van der Waals surface area contributed by atoms with E-state index in [4.69, 9.17) is 0 Å². The molecule has 1 aromatic rings. The van der Waals surface area contributed by atoms with Gasteiger partial charge in [-0.25, -0.2) is 4.98 Å². The van der Waals surface area contributed by atoms with Crippen LogP contribution in [0.5, 0.6) is 0 Å². The van der Waals surface area contributed by atoms with Crippen LogP contribution in [0, 0.1) is 18.3 Å². The molecular formula is C21H40IN5S. The average molecular weight is 522 g/mol. The number of aryl methyl sites for hydroxylation is 1. The van der Waals surface area contributed by atoms with Gasteiger partial charge in [-0.2, -0.15) is 0 Å². The largest absolute Gasteiger partial charge is 0.356 e. The van der Waals surface area contributed by atoms with Crippen LogP contribution in [0.3, 0.4) is 0 Å². The molecule has 28 heavy (non-hydrogen) atoms. The van der Waals surface area contributed by atoms with E-state index in [9.17, 15) is 0 Å². The van der Waals surface area contributed by atoms with Crippen LogP contribution in [0.2, 0.25) is 0 Å². The van der Waals surface area contributed by atoms with E-state index < -0.39 is 0 Å². The van der Waals surface area contributed by atoms with Gasteiger partial charge in [-0.3, -0.25) is 9.89 Å². The number of aromatic nitrogens is 1. The van der Waals surface area contributed by atoms with Gasteiger partial charge >= 0.3 is 0 Å². The lowest BCUT2D eigenvalue weighted by Gasteiger charge is -2.32. The van der Waals surface area contributed by atoms with Crippen LogP contribution >= 0.6 is 35.3 Å². The molecule has 1 fully saturated rings. The number of rotatable bonds is 7. The molecule has 162 valence electrons. The van der Waals surface area contributed by atoms with Crippen LogP contribution in [0.1, 0.15) is 64.1 Å². The van der Waals surface area contributed by atoms with E-state index in [1.54, 1.807) is 11.3 Å². The average Bonchev–Trinajstić information content (AvgIpc) is 3.02. The van der Waals surface area contributed by atoms with Crippen molar-refractivity contribution in [1.82, 2.24) is 20.5 Å². The molecule has 7 heteroatoms. The van der Waals surface area contributed by atoms with Gasteiger partial charge in [0.25, 0.3) is 0 Å². The second-order valence-corrected chi connectivity index (χ2v) is 10.2. The SMILES string of the molecule is CN=C(NCC1CCN(Cc2csc(C)n2)CC1)NC(C)CCC(C)(C)C.I. The summed E-state index contributed by atoms with van der Waals surface area (Å²) in [4.78, 5) is 11.5. The fourth-order valence-corrected chi connectivity index (χ4v) is 4.05. The Morgan fingerprint density at radius 2 is 2.04 bits per heavy atom. The van der Waals surface area contributed by atoms with E-state index >= 15 is 0 Å². The summed E-state index contributed by atoms with van der Waals surface area (Å²) in [5.74, 6) is 1.67. The van der Waals surface area contributed by atoms with Gasteiger partial charge < -0.3 is 10.6 Å². The van der Waals surface area contributed by atoms with Gasteiger partial charge in [0, 0.05) is 31.6 Å². The highest BCUT2D eigenvalue weighted by molar-refractivity contribution is 14.0. The number of nitrogens with one attached hydrogen (secondary N) is 2. The molecule has 0 amide bonds. The van der Waals surface area contributed by atoms with Gasteiger partial charge in [-0.05, 0) is 64.0 Å². The zero-order valence-electron chi connectivity index (χ0n) is 18.5. The molecule has 0 bridgehead atoms. The first-order valence-corrected chi connectivity index (χ1v) is 11.2. The molecule has 1 aromatic heterocycles. The lowest BCUT2D eigenvalue weighted by Crippen LogP contribution is -2.45. The molecule has 5 nitrogen and oxygen atoms in total. The van der Waals surface area contributed by atoms with Crippen molar-refractivity contribution in [1.29, 1.82) is 0 Å². The maximum absolute atomic E-state index is 4.59. The molecular weight excluding hydrogens is 481 g/mol. The third-order valence-corrected chi connectivity index (χ3v) is 6.07. The van der Waals surface area contributed by atoms with Crippen molar-refractivity contribution in [3.05, 3.63) is 16.1 Å². The molecule has 0 aromatic carbocycles. The van der Waals surface area contributed by atoms with Crippen LogP contribution in [0.15, 0.2) is 10.4 Å². The minimum Gasteiger partial charge on any atom is -0.356 e. The monoisotopic (exact) mass is 521 g/mol. The van der Waals surface area contributed by atoms with Crippen LogP contribution < -0.4 is 10.6 Å². The standard InChI is InChI=1S/C21H39N5S.HI/c1-16(7-10-21(3,4)5)24-20(22-6)23-13-18-8-11-26(12-9-18)14-19-15-27-17(2)25-19;/h15-16,18H,7-14H2,1-6H3,(H2,22,23,24);1H. The van der Waals surface area contributed by atoms with Gasteiger partial charge in [-0.1, -0.05) is 20.8 Å². The number of halogens is 1. The Morgan fingerprint density at radius 1 is 1.36 bits per heavy atom. The number of guanidine groups is 1. The molecule has 0 spiro atoms. The second-order valence-electron chi connectivity index (χ2n) is 9.18. The van der Waals surface area contributed by atoms with Crippen LogP contribution in [-0.4, -0.2) is 48.6 Å². The molecule has 1 aliphatic heterocycles. The lowest BCUT2D eigenvalue weighted by molar-refractivity contribution is 0.176. The summed E-state index contributed by atoms with van der Waals surface area (Å²) in [6, 6.07) is 0.443. The summed E-state index contributed by atoms with van der Waals surface area (Å²) >= 11 is 1.75. The summed E-state index contributed by atoms with van der Waals surface area (Å²) in [5.41, 5.74) is 1.61. The topological polar surface area (TPSA) is 52.6 Å². The molecule has 1 atom stereocenters. The second kappa shape index (κ2) is 12.3. The van der Waals surface area contributed by atoms with E-state index in [1.807, 2.05) is 7.05 Å². The highest BCUT2D eigenvalue weighted by Crippen LogP contribution is 2.21. The van der Waals surface area contributed by atoms with Gasteiger partial charge in [-0.15, -0.1) is 35.3 Å². The molecule has 1 unspecified atom stereocenters. The summed E-state index contributed by atoms with van der Waals surface area (Å²) in [5, 5.41) is 10.4. The fraction of sp³-hybridized carbons (Fsp3) is 0.810. The van der Waals surface area contributed by atoms with Gasteiger partial charge in [0.1, 0.15) is 0 Å². The number of nitrogens with zero attached hydrogens (tertiary/aromatic N) is 3. The highest BCUT2D eigenvalue weighted by Gasteiger charge is 2.20. The first-order chi connectivity index (χ1) is 12.7. The number of hydrogen-bond acceptors (Lipinski definition) is 4.